The second-order valence-electron chi connectivity index (χ2n) is 7.00. The summed E-state index contributed by atoms with van der Waals surface area (Å²) < 4.78 is 10.7. The SMILES string of the molecule is CN=C(NCc1ccc(Cl)nc1)NC1CCN(Cc2cc(OC)cc(OC)c2)C1. The number of ether oxygens (including phenoxy) is 2. The van der Waals surface area contributed by atoms with Crippen molar-refractivity contribution < 1.29 is 9.47 Å². The summed E-state index contributed by atoms with van der Waals surface area (Å²) in [4.78, 5) is 10.9. The number of benzene rings is 1. The minimum absolute atomic E-state index is 0.344. The molecule has 0 aliphatic carbocycles. The highest BCUT2D eigenvalue weighted by atomic mass is 35.5. The number of likely N-dealkylation sites (tertiary alicyclic amines) is 1. The Hall–Kier alpha value is -2.51. The van der Waals surface area contributed by atoms with E-state index in [-0.39, 0.29) is 0 Å². The van der Waals surface area contributed by atoms with Crippen LogP contribution in [0.15, 0.2) is 41.5 Å². The number of halogens is 1. The molecule has 0 radical (unpaired) electrons. The molecule has 1 aromatic heterocycles. The van der Waals surface area contributed by atoms with Gasteiger partial charge in [0.2, 0.25) is 0 Å². The predicted octanol–water partition coefficient (Wildman–Crippen LogP) is 2.69. The summed E-state index contributed by atoms with van der Waals surface area (Å²) in [5.41, 5.74) is 2.23. The molecule has 2 N–H and O–H groups in total. The third kappa shape index (κ3) is 6.24. The minimum Gasteiger partial charge on any atom is -0.497 e. The van der Waals surface area contributed by atoms with Crippen LogP contribution in [0.3, 0.4) is 0 Å². The second kappa shape index (κ2) is 10.3. The molecule has 1 aliphatic heterocycles. The van der Waals surface area contributed by atoms with Gasteiger partial charge in [0.05, 0.1) is 14.2 Å². The van der Waals surface area contributed by atoms with Crippen molar-refractivity contribution in [2.45, 2.75) is 25.6 Å². The monoisotopic (exact) mass is 417 g/mol. The van der Waals surface area contributed by atoms with Crippen molar-refractivity contribution in [3.63, 3.8) is 0 Å². The average molecular weight is 418 g/mol. The van der Waals surface area contributed by atoms with Gasteiger partial charge in [0.1, 0.15) is 16.7 Å². The van der Waals surface area contributed by atoms with Crippen LogP contribution in [0, 0.1) is 0 Å². The van der Waals surface area contributed by atoms with Crippen LogP contribution in [-0.4, -0.2) is 56.2 Å². The van der Waals surface area contributed by atoms with E-state index >= 15 is 0 Å². The standard InChI is InChI=1S/C21H28ClN5O2/c1-23-21(25-12-15-4-5-20(22)24-11-15)26-17-6-7-27(14-17)13-16-8-18(28-2)10-19(9-16)29-3/h4-5,8-11,17H,6-7,12-14H2,1-3H3,(H2,23,25,26). The van der Waals surface area contributed by atoms with Crippen molar-refractivity contribution in [2.24, 2.45) is 4.99 Å². The van der Waals surface area contributed by atoms with E-state index in [1.165, 1.54) is 5.56 Å². The summed E-state index contributed by atoms with van der Waals surface area (Å²) in [6.07, 6.45) is 2.83. The van der Waals surface area contributed by atoms with Crippen LogP contribution in [0.25, 0.3) is 0 Å². The Labute approximate surface area is 177 Å². The quantitative estimate of drug-likeness (QED) is 0.410. The number of hydrogen-bond acceptors (Lipinski definition) is 5. The number of aromatic nitrogens is 1. The maximum Gasteiger partial charge on any atom is 0.191 e. The summed E-state index contributed by atoms with van der Waals surface area (Å²) in [6, 6.07) is 10.1. The lowest BCUT2D eigenvalue weighted by Crippen LogP contribution is -2.44. The molecule has 1 aromatic carbocycles. The van der Waals surface area contributed by atoms with Gasteiger partial charge in [-0.2, -0.15) is 0 Å². The second-order valence-corrected chi connectivity index (χ2v) is 7.39. The Morgan fingerprint density at radius 2 is 1.97 bits per heavy atom. The molecule has 1 aliphatic rings. The molecule has 0 saturated carbocycles. The first-order valence-electron chi connectivity index (χ1n) is 9.61. The van der Waals surface area contributed by atoms with Crippen LogP contribution in [0.2, 0.25) is 5.15 Å². The van der Waals surface area contributed by atoms with E-state index in [4.69, 9.17) is 21.1 Å². The molecular weight excluding hydrogens is 390 g/mol. The van der Waals surface area contributed by atoms with Gasteiger partial charge >= 0.3 is 0 Å². The molecule has 156 valence electrons. The van der Waals surface area contributed by atoms with Crippen molar-refractivity contribution in [3.8, 4) is 11.5 Å². The van der Waals surface area contributed by atoms with Gasteiger partial charge in [0.25, 0.3) is 0 Å². The van der Waals surface area contributed by atoms with Gasteiger partial charge in [0, 0.05) is 51.5 Å². The number of rotatable bonds is 7. The number of guanidine groups is 1. The van der Waals surface area contributed by atoms with Crippen molar-refractivity contribution >= 4 is 17.6 Å². The normalized spacial score (nSPS) is 17.2. The smallest absolute Gasteiger partial charge is 0.191 e. The summed E-state index contributed by atoms with van der Waals surface area (Å²) >= 11 is 5.83. The van der Waals surface area contributed by atoms with E-state index in [1.807, 2.05) is 12.1 Å². The largest absolute Gasteiger partial charge is 0.497 e. The van der Waals surface area contributed by atoms with Gasteiger partial charge in [-0.15, -0.1) is 0 Å². The predicted molar refractivity (Wildman–Crippen MR) is 116 cm³/mol. The number of methoxy groups -OCH3 is 2. The number of nitrogens with zero attached hydrogens (tertiary/aromatic N) is 3. The molecule has 0 bridgehead atoms. The number of hydrogen-bond donors (Lipinski definition) is 2. The molecule has 8 heteroatoms. The average Bonchev–Trinajstić information content (AvgIpc) is 3.18. The fraction of sp³-hybridized carbons (Fsp3) is 0.429. The number of pyridine rings is 1. The van der Waals surface area contributed by atoms with Crippen molar-refractivity contribution in [3.05, 3.63) is 52.8 Å². The maximum absolute atomic E-state index is 5.83. The molecule has 1 unspecified atom stereocenters. The zero-order valence-corrected chi connectivity index (χ0v) is 17.9. The van der Waals surface area contributed by atoms with E-state index in [9.17, 15) is 0 Å². The van der Waals surface area contributed by atoms with Crippen molar-refractivity contribution in [2.75, 3.05) is 34.4 Å². The lowest BCUT2D eigenvalue weighted by molar-refractivity contribution is 0.321. The maximum atomic E-state index is 5.83. The third-order valence-corrected chi connectivity index (χ3v) is 5.13. The Morgan fingerprint density at radius 3 is 2.59 bits per heavy atom. The first-order valence-corrected chi connectivity index (χ1v) is 9.99. The molecule has 3 rings (SSSR count). The highest BCUT2D eigenvalue weighted by Crippen LogP contribution is 2.24. The molecule has 2 aromatic rings. The molecule has 1 fully saturated rings. The lowest BCUT2D eigenvalue weighted by Gasteiger charge is -2.19. The number of aliphatic imine (C=N–C) groups is 1. The van der Waals surface area contributed by atoms with Crippen LogP contribution in [0.5, 0.6) is 11.5 Å². The van der Waals surface area contributed by atoms with Gasteiger partial charge in [-0.1, -0.05) is 17.7 Å². The minimum atomic E-state index is 0.344. The van der Waals surface area contributed by atoms with Crippen LogP contribution in [0.1, 0.15) is 17.5 Å². The van der Waals surface area contributed by atoms with Crippen molar-refractivity contribution in [1.82, 2.24) is 20.5 Å². The van der Waals surface area contributed by atoms with Crippen LogP contribution in [-0.2, 0) is 13.1 Å². The van der Waals surface area contributed by atoms with Crippen molar-refractivity contribution in [1.29, 1.82) is 0 Å². The molecule has 0 amide bonds. The van der Waals surface area contributed by atoms with Crippen LogP contribution in [0.4, 0.5) is 0 Å². The summed E-state index contributed by atoms with van der Waals surface area (Å²) in [7, 11) is 5.13. The molecule has 0 spiro atoms. The van der Waals surface area contributed by atoms with Gasteiger partial charge in [-0.25, -0.2) is 4.98 Å². The Kier molecular flexibility index (Phi) is 7.55. The molecule has 29 heavy (non-hydrogen) atoms. The van der Waals surface area contributed by atoms with Crippen LogP contribution >= 0.6 is 11.6 Å². The highest BCUT2D eigenvalue weighted by Gasteiger charge is 2.23. The van der Waals surface area contributed by atoms with Gasteiger partial charge < -0.3 is 20.1 Å². The van der Waals surface area contributed by atoms with Gasteiger partial charge in [0.15, 0.2) is 5.96 Å². The summed E-state index contributed by atoms with van der Waals surface area (Å²) in [5, 5.41) is 7.34. The van der Waals surface area contributed by atoms with E-state index in [0.717, 1.165) is 49.1 Å². The Bertz CT molecular complexity index is 806. The first-order chi connectivity index (χ1) is 14.1. The van der Waals surface area contributed by atoms with E-state index in [0.29, 0.717) is 17.7 Å². The highest BCUT2D eigenvalue weighted by molar-refractivity contribution is 6.29. The zero-order chi connectivity index (χ0) is 20.6. The lowest BCUT2D eigenvalue weighted by atomic mass is 10.2. The molecule has 7 nitrogen and oxygen atoms in total. The zero-order valence-electron chi connectivity index (χ0n) is 17.1. The fourth-order valence-electron chi connectivity index (χ4n) is 3.39. The Balaban J connectivity index is 1.50. The van der Waals surface area contributed by atoms with Crippen LogP contribution < -0.4 is 20.1 Å². The third-order valence-electron chi connectivity index (χ3n) is 4.90. The molecule has 2 heterocycles. The topological polar surface area (TPSA) is 71.0 Å². The van der Waals surface area contributed by atoms with Gasteiger partial charge in [-0.05, 0) is 35.7 Å². The first kappa shape index (κ1) is 21.2. The fourth-order valence-corrected chi connectivity index (χ4v) is 3.51. The Morgan fingerprint density at radius 1 is 1.21 bits per heavy atom. The summed E-state index contributed by atoms with van der Waals surface area (Å²) in [6.45, 7) is 3.47. The number of nitrogens with one attached hydrogen (secondary N) is 2. The molecule has 1 saturated heterocycles. The molecular formula is C21H28ClN5O2. The van der Waals surface area contributed by atoms with E-state index < -0.39 is 0 Å². The molecule has 1 atom stereocenters. The van der Waals surface area contributed by atoms with Gasteiger partial charge in [-0.3, -0.25) is 9.89 Å². The van der Waals surface area contributed by atoms with E-state index in [1.54, 1.807) is 33.5 Å². The summed E-state index contributed by atoms with van der Waals surface area (Å²) in [5.74, 6) is 2.42. The van der Waals surface area contributed by atoms with E-state index in [2.05, 4.69) is 37.6 Å².